The van der Waals surface area contributed by atoms with E-state index in [9.17, 15) is 0 Å². The van der Waals surface area contributed by atoms with Crippen molar-refractivity contribution in [3.05, 3.63) is 34.8 Å². The molecule has 0 bridgehead atoms. The highest BCUT2D eigenvalue weighted by Gasteiger charge is 2.09. The van der Waals surface area contributed by atoms with Crippen LogP contribution >= 0.6 is 0 Å². The summed E-state index contributed by atoms with van der Waals surface area (Å²) in [5.74, 6) is 5.76. The van der Waals surface area contributed by atoms with Crippen LogP contribution in [0.4, 0.5) is 0 Å². The molecule has 5 nitrogen and oxygen atoms in total. The van der Waals surface area contributed by atoms with E-state index in [0.29, 0.717) is 12.2 Å². The zero-order chi connectivity index (χ0) is 13.0. The Balaban J connectivity index is 3.19. The molecule has 0 aliphatic carbocycles. The number of hydrogen-bond acceptors (Lipinski definition) is 5. The minimum atomic E-state index is 0.604. The lowest BCUT2D eigenvalue weighted by molar-refractivity contribution is 0.427. The molecule has 1 heterocycles. The number of nitrogens with two attached hydrogens (primary N) is 2. The van der Waals surface area contributed by atoms with Crippen LogP contribution in [0.2, 0.25) is 0 Å². The van der Waals surface area contributed by atoms with E-state index in [1.807, 2.05) is 33.0 Å². The van der Waals surface area contributed by atoms with Crippen LogP contribution in [0, 0.1) is 13.8 Å². The molecular weight excluding hydrogens is 214 g/mol. The van der Waals surface area contributed by atoms with Crippen molar-refractivity contribution in [1.29, 1.82) is 0 Å². The van der Waals surface area contributed by atoms with E-state index < -0.39 is 0 Å². The number of aryl methyl sites for hydroxylation is 2. The molecule has 0 radical (unpaired) electrons. The highest BCUT2D eigenvalue weighted by molar-refractivity contribution is 5.63. The highest BCUT2D eigenvalue weighted by Crippen LogP contribution is 2.14. The first-order valence-corrected chi connectivity index (χ1v) is 5.53. The number of pyridine rings is 1. The molecule has 0 unspecified atom stereocenters. The van der Waals surface area contributed by atoms with Crippen LogP contribution in [0.5, 0.6) is 0 Å². The van der Waals surface area contributed by atoms with Gasteiger partial charge in [0.05, 0.1) is 17.1 Å². The summed E-state index contributed by atoms with van der Waals surface area (Å²) in [5.41, 5.74) is 10.4. The summed E-state index contributed by atoms with van der Waals surface area (Å²) in [7, 11) is 3.62. The first-order chi connectivity index (χ1) is 7.97. The van der Waals surface area contributed by atoms with Gasteiger partial charge >= 0.3 is 0 Å². The zero-order valence-corrected chi connectivity index (χ0v) is 10.9. The van der Waals surface area contributed by atoms with Gasteiger partial charge in [-0.05, 0) is 32.5 Å². The standard InChI is InChI=1S/C12H21N5/c1-8-5-6-10(16-9(8)2)12(13)11(7-15-3)17(4)14/h5-6,15H,7,13-14H2,1-4H3/b12-11-. The molecule has 0 saturated heterocycles. The van der Waals surface area contributed by atoms with Gasteiger partial charge in [-0.15, -0.1) is 0 Å². The van der Waals surface area contributed by atoms with Gasteiger partial charge in [0.15, 0.2) is 0 Å². The molecule has 17 heavy (non-hydrogen) atoms. The van der Waals surface area contributed by atoms with E-state index in [1.165, 1.54) is 5.01 Å². The van der Waals surface area contributed by atoms with Gasteiger partial charge in [-0.2, -0.15) is 0 Å². The Hall–Kier alpha value is -1.59. The largest absolute Gasteiger partial charge is 0.395 e. The first-order valence-electron chi connectivity index (χ1n) is 5.53. The Morgan fingerprint density at radius 1 is 1.41 bits per heavy atom. The topological polar surface area (TPSA) is 80.2 Å². The van der Waals surface area contributed by atoms with Crippen LogP contribution in [0.25, 0.3) is 5.70 Å². The van der Waals surface area contributed by atoms with Crippen molar-refractivity contribution in [3.8, 4) is 0 Å². The van der Waals surface area contributed by atoms with Crippen LogP contribution in [-0.4, -0.2) is 30.6 Å². The summed E-state index contributed by atoms with van der Waals surface area (Å²) >= 11 is 0. The predicted octanol–water partition coefficient (Wildman–Crippen LogP) is 0.351. The second kappa shape index (κ2) is 5.65. The Morgan fingerprint density at radius 2 is 2.06 bits per heavy atom. The van der Waals surface area contributed by atoms with Crippen LogP contribution in [0.1, 0.15) is 17.0 Å². The van der Waals surface area contributed by atoms with Crippen molar-refractivity contribution in [3.63, 3.8) is 0 Å². The van der Waals surface area contributed by atoms with Crippen molar-refractivity contribution in [2.45, 2.75) is 13.8 Å². The SMILES string of the molecule is CNC/C(=C(/N)c1ccc(C)c(C)n1)N(C)N. The maximum Gasteiger partial charge on any atom is 0.0881 e. The molecule has 1 aromatic rings. The third kappa shape index (κ3) is 3.18. The van der Waals surface area contributed by atoms with Gasteiger partial charge < -0.3 is 16.1 Å². The van der Waals surface area contributed by atoms with Crippen molar-refractivity contribution < 1.29 is 0 Å². The molecule has 0 aliphatic heterocycles. The molecule has 0 aliphatic rings. The quantitative estimate of drug-likeness (QED) is 0.518. The number of aromatic nitrogens is 1. The van der Waals surface area contributed by atoms with Gasteiger partial charge in [0.2, 0.25) is 0 Å². The lowest BCUT2D eigenvalue weighted by atomic mass is 10.1. The molecule has 0 aromatic carbocycles. The summed E-state index contributed by atoms with van der Waals surface area (Å²) in [4.78, 5) is 4.47. The van der Waals surface area contributed by atoms with Crippen LogP contribution < -0.4 is 16.9 Å². The number of nitrogens with zero attached hydrogens (tertiary/aromatic N) is 2. The van der Waals surface area contributed by atoms with E-state index in [-0.39, 0.29) is 0 Å². The maximum atomic E-state index is 6.10. The monoisotopic (exact) mass is 235 g/mol. The fourth-order valence-electron chi connectivity index (χ4n) is 1.51. The van der Waals surface area contributed by atoms with E-state index in [2.05, 4.69) is 10.3 Å². The lowest BCUT2D eigenvalue weighted by Crippen LogP contribution is -2.33. The van der Waals surface area contributed by atoms with Crippen molar-refractivity contribution in [2.75, 3.05) is 20.6 Å². The number of nitrogens with one attached hydrogen (secondary N) is 1. The number of likely N-dealkylation sites (N-methyl/N-ethyl adjacent to an activating group) is 2. The molecule has 1 aromatic heterocycles. The minimum Gasteiger partial charge on any atom is -0.395 e. The van der Waals surface area contributed by atoms with Crippen molar-refractivity contribution >= 4 is 5.70 Å². The Labute approximate surface area is 102 Å². The first kappa shape index (κ1) is 13.5. The normalized spacial score (nSPS) is 12.3. The van der Waals surface area contributed by atoms with Gasteiger partial charge in [-0.3, -0.25) is 4.98 Å². The molecule has 0 spiro atoms. The Kier molecular flexibility index (Phi) is 4.48. The second-order valence-corrected chi connectivity index (χ2v) is 4.10. The van der Waals surface area contributed by atoms with E-state index >= 15 is 0 Å². The highest BCUT2D eigenvalue weighted by atomic mass is 15.4. The Bertz CT molecular complexity index is 423. The predicted molar refractivity (Wildman–Crippen MR) is 70.7 cm³/mol. The number of hydrogen-bond donors (Lipinski definition) is 3. The third-order valence-electron chi connectivity index (χ3n) is 2.71. The lowest BCUT2D eigenvalue weighted by Gasteiger charge is -2.19. The average molecular weight is 235 g/mol. The molecule has 0 saturated carbocycles. The molecular formula is C12H21N5. The summed E-state index contributed by atoms with van der Waals surface area (Å²) < 4.78 is 0. The fourth-order valence-corrected chi connectivity index (χ4v) is 1.51. The smallest absolute Gasteiger partial charge is 0.0881 e. The number of rotatable bonds is 4. The molecule has 5 N–H and O–H groups in total. The van der Waals surface area contributed by atoms with Crippen molar-refractivity contribution in [1.82, 2.24) is 15.3 Å². The van der Waals surface area contributed by atoms with E-state index in [1.54, 1.807) is 7.05 Å². The van der Waals surface area contributed by atoms with Crippen LogP contribution in [-0.2, 0) is 0 Å². The van der Waals surface area contributed by atoms with E-state index in [4.69, 9.17) is 11.6 Å². The fraction of sp³-hybridized carbons (Fsp3) is 0.417. The summed E-state index contributed by atoms with van der Waals surface area (Å²) in [6.07, 6.45) is 0. The summed E-state index contributed by atoms with van der Waals surface area (Å²) in [5, 5.41) is 4.56. The summed E-state index contributed by atoms with van der Waals surface area (Å²) in [6.45, 7) is 4.60. The van der Waals surface area contributed by atoms with E-state index in [0.717, 1.165) is 22.6 Å². The van der Waals surface area contributed by atoms with Gasteiger partial charge in [0.1, 0.15) is 0 Å². The van der Waals surface area contributed by atoms with Gasteiger partial charge in [-0.25, -0.2) is 5.84 Å². The van der Waals surface area contributed by atoms with Gasteiger partial charge in [0.25, 0.3) is 0 Å². The molecule has 0 fully saturated rings. The molecule has 0 atom stereocenters. The van der Waals surface area contributed by atoms with Crippen LogP contribution in [0.15, 0.2) is 17.8 Å². The summed E-state index contributed by atoms with van der Waals surface area (Å²) in [6, 6.07) is 3.93. The number of hydrazine groups is 1. The molecule has 5 heteroatoms. The average Bonchev–Trinajstić information content (AvgIpc) is 2.28. The molecule has 1 rings (SSSR count). The minimum absolute atomic E-state index is 0.604. The Morgan fingerprint density at radius 3 is 2.53 bits per heavy atom. The van der Waals surface area contributed by atoms with Crippen molar-refractivity contribution in [2.24, 2.45) is 11.6 Å². The van der Waals surface area contributed by atoms with Gasteiger partial charge in [-0.1, -0.05) is 6.07 Å². The third-order valence-corrected chi connectivity index (χ3v) is 2.71. The second-order valence-electron chi connectivity index (χ2n) is 4.10. The maximum absolute atomic E-state index is 6.10. The molecule has 94 valence electrons. The molecule has 0 amide bonds. The van der Waals surface area contributed by atoms with Crippen LogP contribution in [0.3, 0.4) is 0 Å². The zero-order valence-electron chi connectivity index (χ0n) is 10.9. The van der Waals surface area contributed by atoms with Gasteiger partial charge in [0, 0.05) is 19.3 Å².